The second-order valence-electron chi connectivity index (χ2n) is 2.25. The maximum absolute atomic E-state index is 10.9. The number of amides is 1. The Kier molecular flexibility index (Phi) is 4.54. The fourth-order valence-corrected chi connectivity index (χ4v) is 0.567. The SMILES string of the molecule is CC#CC(=O)N(C)CCC(=O)O. The number of nitrogens with zero attached hydrogens (tertiary/aromatic N) is 1. The van der Waals surface area contributed by atoms with Gasteiger partial charge < -0.3 is 10.0 Å². The molecular formula is C8H11NO3. The summed E-state index contributed by atoms with van der Waals surface area (Å²) in [6.07, 6.45) is -0.0480. The minimum absolute atomic E-state index is 0.0480. The van der Waals surface area contributed by atoms with Crippen LogP contribution < -0.4 is 0 Å². The van der Waals surface area contributed by atoms with Crippen LogP contribution in [-0.2, 0) is 9.59 Å². The zero-order valence-electron chi connectivity index (χ0n) is 7.13. The maximum Gasteiger partial charge on any atom is 0.305 e. The first kappa shape index (κ1) is 10.5. The molecule has 4 nitrogen and oxygen atoms in total. The van der Waals surface area contributed by atoms with E-state index in [1.807, 2.05) is 0 Å². The molecule has 0 bridgehead atoms. The lowest BCUT2D eigenvalue weighted by Gasteiger charge is -2.11. The van der Waals surface area contributed by atoms with Crippen LogP contribution in [0.5, 0.6) is 0 Å². The van der Waals surface area contributed by atoms with Crippen molar-refractivity contribution in [2.75, 3.05) is 13.6 Å². The minimum atomic E-state index is -0.917. The molecule has 0 aliphatic heterocycles. The zero-order valence-corrected chi connectivity index (χ0v) is 7.13. The first-order valence-electron chi connectivity index (χ1n) is 3.47. The van der Waals surface area contributed by atoms with Crippen molar-refractivity contribution in [2.45, 2.75) is 13.3 Å². The van der Waals surface area contributed by atoms with Crippen LogP contribution in [0.2, 0.25) is 0 Å². The summed E-state index contributed by atoms with van der Waals surface area (Å²) in [5, 5.41) is 8.30. The van der Waals surface area contributed by atoms with Crippen LogP contribution in [0.15, 0.2) is 0 Å². The van der Waals surface area contributed by atoms with Crippen molar-refractivity contribution in [2.24, 2.45) is 0 Å². The van der Waals surface area contributed by atoms with Crippen LogP contribution in [0.3, 0.4) is 0 Å². The topological polar surface area (TPSA) is 57.6 Å². The summed E-state index contributed by atoms with van der Waals surface area (Å²) in [5.74, 6) is 3.49. The van der Waals surface area contributed by atoms with E-state index < -0.39 is 5.97 Å². The second-order valence-corrected chi connectivity index (χ2v) is 2.25. The lowest BCUT2D eigenvalue weighted by atomic mass is 10.4. The highest BCUT2D eigenvalue weighted by Crippen LogP contribution is 1.87. The van der Waals surface area contributed by atoms with Crippen LogP contribution in [0.25, 0.3) is 0 Å². The van der Waals surface area contributed by atoms with Crippen molar-refractivity contribution in [3.05, 3.63) is 0 Å². The minimum Gasteiger partial charge on any atom is -0.481 e. The quantitative estimate of drug-likeness (QED) is 0.602. The van der Waals surface area contributed by atoms with E-state index in [4.69, 9.17) is 5.11 Å². The van der Waals surface area contributed by atoms with E-state index in [1.165, 1.54) is 11.9 Å². The standard InChI is InChI=1S/C8H11NO3/c1-3-4-7(10)9(2)6-5-8(11)12/h5-6H2,1-2H3,(H,11,12). The number of carboxylic acids is 1. The smallest absolute Gasteiger partial charge is 0.305 e. The average molecular weight is 169 g/mol. The highest BCUT2D eigenvalue weighted by molar-refractivity contribution is 5.93. The Balaban J connectivity index is 3.84. The largest absolute Gasteiger partial charge is 0.481 e. The molecule has 0 spiro atoms. The van der Waals surface area contributed by atoms with Gasteiger partial charge in [-0.1, -0.05) is 5.92 Å². The van der Waals surface area contributed by atoms with Crippen LogP contribution in [-0.4, -0.2) is 35.5 Å². The van der Waals surface area contributed by atoms with Gasteiger partial charge >= 0.3 is 5.97 Å². The van der Waals surface area contributed by atoms with Gasteiger partial charge in [-0.2, -0.15) is 0 Å². The molecule has 0 aromatic heterocycles. The van der Waals surface area contributed by atoms with Gasteiger partial charge in [-0.3, -0.25) is 9.59 Å². The number of hydrogen-bond acceptors (Lipinski definition) is 2. The molecule has 1 amide bonds. The van der Waals surface area contributed by atoms with E-state index in [1.54, 1.807) is 6.92 Å². The van der Waals surface area contributed by atoms with Crippen molar-refractivity contribution in [3.8, 4) is 11.8 Å². The summed E-state index contributed by atoms with van der Waals surface area (Å²) in [6.45, 7) is 1.76. The van der Waals surface area contributed by atoms with Crippen molar-refractivity contribution in [1.29, 1.82) is 0 Å². The predicted octanol–water partition coefficient (Wildman–Crippen LogP) is -0.0572. The summed E-state index contributed by atoms with van der Waals surface area (Å²) in [6, 6.07) is 0. The average Bonchev–Trinajstić information content (AvgIpc) is 2.00. The molecule has 12 heavy (non-hydrogen) atoms. The van der Waals surface area contributed by atoms with E-state index in [2.05, 4.69) is 11.8 Å². The van der Waals surface area contributed by atoms with Gasteiger partial charge in [0.1, 0.15) is 0 Å². The van der Waals surface area contributed by atoms with Gasteiger partial charge in [0, 0.05) is 13.6 Å². The molecule has 0 unspecified atom stereocenters. The van der Waals surface area contributed by atoms with Gasteiger partial charge in [0.15, 0.2) is 0 Å². The number of carboxylic acid groups (broad SMARTS) is 1. The van der Waals surface area contributed by atoms with Crippen LogP contribution in [0, 0.1) is 11.8 Å². The number of hydrogen-bond donors (Lipinski definition) is 1. The fraction of sp³-hybridized carbons (Fsp3) is 0.500. The van der Waals surface area contributed by atoms with E-state index >= 15 is 0 Å². The molecule has 0 rings (SSSR count). The third kappa shape index (κ3) is 4.34. The molecule has 66 valence electrons. The molecule has 0 aliphatic rings. The molecule has 0 fully saturated rings. The van der Waals surface area contributed by atoms with Crippen molar-refractivity contribution < 1.29 is 14.7 Å². The van der Waals surface area contributed by atoms with Crippen LogP contribution in [0.1, 0.15) is 13.3 Å². The molecule has 1 N–H and O–H groups in total. The van der Waals surface area contributed by atoms with Gasteiger partial charge in [0.2, 0.25) is 0 Å². The molecule has 4 heteroatoms. The van der Waals surface area contributed by atoms with E-state index in [0.29, 0.717) is 0 Å². The molecule has 0 aromatic rings. The lowest BCUT2D eigenvalue weighted by molar-refractivity contribution is -0.137. The Bertz CT molecular complexity index is 236. The van der Waals surface area contributed by atoms with Crippen LogP contribution >= 0.6 is 0 Å². The molecule has 0 aromatic carbocycles. The summed E-state index contributed by atoms with van der Waals surface area (Å²) < 4.78 is 0. The van der Waals surface area contributed by atoms with Crippen LogP contribution in [0.4, 0.5) is 0 Å². The van der Waals surface area contributed by atoms with Crippen molar-refractivity contribution in [1.82, 2.24) is 4.90 Å². The van der Waals surface area contributed by atoms with Crippen molar-refractivity contribution >= 4 is 11.9 Å². The Morgan fingerprint density at radius 3 is 2.50 bits per heavy atom. The second kappa shape index (κ2) is 5.19. The van der Waals surface area contributed by atoms with E-state index in [0.717, 1.165) is 0 Å². The number of aliphatic carboxylic acids is 1. The normalized spacial score (nSPS) is 8.17. The Morgan fingerprint density at radius 2 is 2.08 bits per heavy atom. The zero-order chi connectivity index (χ0) is 9.56. The van der Waals surface area contributed by atoms with E-state index in [9.17, 15) is 9.59 Å². The summed E-state index contributed by atoms with van der Waals surface area (Å²) in [5.41, 5.74) is 0. The lowest BCUT2D eigenvalue weighted by Crippen LogP contribution is -2.27. The number of carbonyl (C=O) groups is 2. The summed E-state index contributed by atoms with van der Waals surface area (Å²) >= 11 is 0. The van der Waals surface area contributed by atoms with E-state index in [-0.39, 0.29) is 18.9 Å². The van der Waals surface area contributed by atoms with Gasteiger partial charge in [0.25, 0.3) is 5.91 Å². The fourth-order valence-electron chi connectivity index (χ4n) is 0.567. The first-order chi connectivity index (χ1) is 5.57. The Hall–Kier alpha value is -1.50. The molecular weight excluding hydrogens is 158 g/mol. The molecule has 0 heterocycles. The third-order valence-electron chi connectivity index (χ3n) is 1.24. The Labute approximate surface area is 71.2 Å². The predicted molar refractivity (Wildman–Crippen MR) is 43.3 cm³/mol. The molecule has 0 atom stereocenters. The van der Waals surface area contributed by atoms with Gasteiger partial charge in [-0.15, -0.1) is 0 Å². The van der Waals surface area contributed by atoms with Gasteiger partial charge in [-0.25, -0.2) is 0 Å². The summed E-state index contributed by atoms with van der Waals surface area (Å²) in [4.78, 5) is 22.3. The first-order valence-corrected chi connectivity index (χ1v) is 3.47. The van der Waals surface area contributed by atoms with Gasteiger partial charge in [-0.05, 0) is 12.8 Å². The molecule has 0 aliphatic carbocycles. The highest BCUT2D eigenvalue weighted by Gasteiger charge is 2.06. The number of carbonyl (C=O) groups excluding carboxylic acids is 1. The Morgan fingerprint density at radius 1 is 1.50 bits per heavy atom. The van der Waals surface area contributed by atoms with Gasteiger partial charge in [0.05, 0.1) is 6.42 Å². The monoisotopic (exact) mass is 169 g/mol. The summed E-state index contributed by atoms with van der Waals surface area (Å²) in [7, 11) is 1.52. The molecule has 0 radical (unpaired) electrons. The number of rotatable bonds is 3. The molecule has 0 saturated carbocycles. The highest BCUT2D eigenvalue weighted by atomic mass is 16.4. The van der Waals surface area contributed by atoms with Crippen molar-refractivity contribution in [3.63, 3.8) is 0 Å². The molecule has 0 saturated heterocycles. The maximum atomic E-state index is 10.9. The third-order valence-corrected chi connectivity index (χ3v) is 1.24.